The fourth-order valence-corrected chi connectivity index (χ4v) is 2.78. The first-order valence-electron chi connectivity index (χ1n) is 5.54. The number of oxime groups is 1. The summed E-state index contributed by atoms with van der Waals surface area (Å²) in [6.07, 6.45) is 4.97. The van der Waals surface area contributed by atoms with Crippen molar-refractivity contribution in [2.75, 3.05) is 6.54 Å². The molecule has 1 aliphatic carbocycles. The normalized spacial score (nSPS) is 33.6. The molecule has 0 unspecified atom stereocenters. The highest BCUT2D eigenvalue weighted by Crippen LogP contribution is 2.57. The SMILES string of the molecule is CC(=O)N1C[C@H](C)C2(CC2)C[C@H]1/C=N/O. The highest BCUT2D eigenvalue weighted by atomic mass is 16.4. The zero-order chi connectivity index (χ0) is 11.1. The van der Waals surface area contributed by atoms with Gasteiger partial charge in [-0.2, -0.15) is 0 Å². The van der Waals surface area contributed by atoms with E-state index in [0.717, 1.165) is 13.0 Å². The highest BCUT2D eigenvalue weighted by molar-refractivity contribution is 5.79. The van der Waals surface area contributed by atoms with E-state index < -0.39 is 0 Å². The lowest BCUT2D eigenvalue weighted by atomic mass is 9.80. The summed E-state index contributed by atoms with van der Waals surface area (Å²) >= 11 is 0. The monoisotopic (exact) mass is 210 g/mol. The molecule has 1 N–H and O–H groups in total. The first-order valence-corrected chi connectivity index (χ1v) is 5.54. The van der Waals surface area contributed by atoms with Gasteiger partial charge in [0.2, 0.25) is 5.91 Å². The third-order valence-corrected chi connectivity index (χ3v) is 4.07. The molecule has 84 valence electrons. The number of rotatable bonds is 1. The molecule has 0 bridgehead atoms. The number of piperidine rings is 1. The zero-order valence-corrected chi connectivity index (χ0v) is 9.31. The van der Waals surface area contributed by atoms with Crippen LogP contribution >= 0.6 is 0 Å². The molecule has 15 heavy (non-hydrogen) atoms. The van der Waals surface area contributed by atoms with Crippen LogP contribution in [0, 0.1) is 11.3 Å². The smallest absolute Gasteiger partial charge is 0.220 e. The summed E-state index contributed by atoms with van der Waals surface area (Å²) in [6, 6.07) is -0.00815. The Labute approximate surface area is 89.9 Å². The number of hydrogen-bond donors (Lipinski definition) is 1. The van der Waals surface area contributed by atoms with E-state index in [9.17, 15) is 4.79 Å². The molecule has 2 rings (SSSR count). The van der Waals surface area contributed by atoms with Crippen molar-refractivity contribution < 1.29 is 10.0 Å². The van der Waals surface area contributed by atoms with Crippen LogP contribution in [0.5, 0.6) is 0 Å². The van der Waals surface area contributed by atoms with Gasteiger partial charge in [0.1, 0.15) is 0 Å². The van der Waals surface area contributed by atoms with E-state index in [1.165, 1.54) is 19.1 Å². The van der Waals surface area contributed by atoms with Crippen LogP contribution in [0.4, 0.5) is 0 Å². The molecule has 2 fully saturated rings. The van der Waals surface area contributed by atoms with Crippen molar-refractivity contribution >= 4 is 12.1 Å². The standard InChI is InChI=1S/C11H18N2O2/c1-8-7-13(9(2)14)10(6-12-15)5-11(8)3-4-11/h6,8,10,15H,3-5,7H2,1-2H3/b12-6+/t8-,10-/m0/s1. The number of amides is 1. The van der Waals surface area contributed by atoms with Gasteiger partial charge in [-0.05, 0) is 30.6 Å². The molecule has 0 radical (unpaired) electrons. The maximum absolute atomic E-state index is 11.4. The van der Waals surface area contributed by atoms with Crippen molar-refractivity contribution in [3.63, 3.8) is 0 Å². The Morgan fingerprint density at radius 1 is 1.60 bits per heavy atom. The third-order valence-electron chi connectivity index (χ3n) is 4.07. The van der Waals surface area contributed by atoms with Crippen molar-refractivity contribution in [1.82, 2.24) is 4.90 Å². The van der Waals surface area contributed by atoms with Crippen LogP contribution in [0.3, 0.4) is 0 Å². The molecule has 0 aromatic heterocycles. The van der Waals surface area contributed by atoms with Crippen LogP contribution in [0.1, 0.15) is 33.1 Å². The first kappa shape index (κ1) is 10.5. The van der Waals surface area contributed by atoms with E-state index in [4.69, 9.17) is 5.21 Å². The number of nitrogens with zero attached hydrogens (tertiary/aromatic N) is 2. The second-order valence-electron chi connectivity index (χ2n) is 4.97. The molecule has 0 aromatic rings. The topological polar surface area (TPSA) is 52.9 Å². The molecule has 1 aliphatic heterocycles. The summed E-state index contributed by atoms with van der Waals surface area (Å²) in [7, 11) is 0. The van der Waals surface area contributed by atoms with E-state index in [2.05, 4.69) is 12.1 Å². The molecule has 1 heterocycles. The molecule has 1 amide bonds. The number of hydrogen-bond acceptors (Lipinski definition) is 3. The van der Waals surface area contributed by atoms with Gasteiger partial charge >= 0.3 is 0 Å². The Bertz CT molecular complexity index is 297. The van der Waals surface area contributed by atoms with Gasteiger partial charge in [-0.3, -0.25) is 4.79 Å². The average Bonchev–Trinajstić information content (AvgIpc) is 2.92. The number of carbonyl (C=O) groups excluding carboxylic acids is 1. The summed E-state index contributed by atoms with van der Waals surface area (Å²) in [6.45, 7) is 4.59. The van der Waals surface area contributed by atoms with E-state index in [1.54, 1.807) is 6.92 Å². The van der Waals surface area contributed by atoms with Gasteiger partial charge in [-0.25, -0.2) is 0 Å². The van der Waals surface area contributed by atoms with Crippen molar-refractivity contribution in [3.05, 3.63) is 0 Å². The molecule has 2 atom stereocenters. The van der Waals surface area contributed by atoms with E-state index >= 15 is 0 Å². The Morgan fingerprint density at radius 3 is 2.73 bits per heavy atom. The van der Waals surface area contributed by atoms with Gasteiger partial charge in [0.15, 0.2) is 0 Å². The molecule has 1 spiro atoms. The van der Waals surface area contributed by atoms with Crippen molar-refractivity contribution in [2.45, 2.75) is 39.2 Å². The predicted octanol–water partition coefficient (Wildman–Crippen LogP) is 1.48. The molecule has 1 saturated heterocycles. The molecular weight excluding hydrogens is 192 g/mol. The third kappa shape index (κ3) is 1.73. The van der Waals surface area contributed by atoms with Gasteiger partial charge in [0.25, 0.3) is 0 Å². The molecule has 4 heteroatoms. The van der Waals surface area contributed by atoms with Gasteiger partial charge in [0, 0.05) is 13.5 Å². The summed E-state index contributed by atoms with van der Waals surface area (Å²) in [4.78, 5) is 13.3. The lowest BCUT2D eigenvalue weighted by molar-refractivity contribution is -0.133. The Balaban J connectivity index is 2.15. The number of carbonyl (C=O) groups is 1. The maximum atomic E-state index is 11.4. The molecule has 1 saturated carbocycles. The number of likely N-dealkylation sites (tertiary alicyclic amines) is 1. The van der Waals surface area contributed by atoms with Gasteiger partial charge in [-0.15, -0.1) is 0 Å². The second-order valence-corrected chi connectivity index (χ2v) is 4.97. The average molecular weight is 210 g/mol. The van der Waals surface area contributed by atoms with E-state index in [-0.39, 0.29) is 11.9 Å². The minimum atomic E-state index is -0.00815. The predicted molar refractivity (Wildman–Crippen MR) is 56.9 cm³/mol. The second kappa shape index (κ2) is 3.51. The quantitative estimate of drug-likeness (QED) is 0.405. The minimum absolute atomic E-state index is 0.00815. The van der Waals surface area contributed by atoms with Crippen LogP contribution in [-0.2, 0) is 4.79 Å². The lowest BCUT2D eigenvalue weighted by Crippen LogP contribution is -2.50. The van der Waals surface area contributed by atoms with E-state index in [0.29, 0.717) is 11.3 Å². The van der Waals surface area contributed by atoms with Gasteiger partial charge < -0.3 is 10.1 Å². The van der Waals surface area contributed by atoms with Gasteiger partial charge in [0.05, 0.1) is 12.3 Å². The van der Waals surface area contributed by atoms with Crippen molar-refractivity contribution in [2.24, 2.45) is 16.5 Å². The fraction of sp³-hybridized carbons (Fsp3) is 0.818. The summed E-state index contributed by atoms with van der Waals surface area (Å²) in [5.74, 6) is 0.645. The largest absolute Gasteiger partial charge is 0.411 e. The Hall–Kier alpha value is -1.06. The zero-order valence-electron chi connectivity index (χ0n) is 9.31. The maximum Gasteiger partial charge on any atom is 0.220 e. The Kier molecular flexibility index (Phi) is 2.44. The lowest BCUT2D eigenvalue weighted by Gasteiger charge is -2.41. The van der Waals surface area contributed by atoms with Crippen LogP contribution in [-0.4, -0.2) is 34.8 Å². The minimum Gasteiger partial charge on any atom is -0.411 e. The molecular formula is C11H18N2O2. The van der Waals surface area contributed by atoms with Gasteiger partial charge in [-0.1, -0.05) is 12.1 Å². The molecule has 2 aliphatic rings. The van der Waals surface area contributed by atoms with Crippen molar-refractivity contribution in [3.8, 4) is 0 Å². The van der Waals surface area contributed by atoms with E-state index in [1.807, 2.05) is 4.90 Å². The molecule has 4 nitrogen and oxygen atoms in total. The van der Waals surface area contributed by atoms with Crippen LogP contribution in [0.2, 0.25) is 0 Å². The van der Waals surface area contributed by atoms with Crippen LogP contribution in [0.15, 0.2) is 5.16 Å². The van der Waals surface area contributed by atoms with Crippen LogP contribution in [0.25, 0.3) is 0 Å². The highest BCUT2D eigenvalue weighted by Gasteiger charge is 2.52. The summed E-state index contributed by atoms with van der Waals surface area (Å²) < 4.78 is 0. The fourth-order valence-electron chi connectivity index (χ4n) is 2.78. The van der Waals surface area contributed by atoms with Crippen LogP contribution < -0.4 is 0 Å². The first-order chi connectivity index (χ1) is 7.09. The van der Waals surface area contributed by atoms with Crippen molar-refractivity contribution in [1.29, 1.82) is 0 Å². The molecule has 0 aromatic carbocycles. The summed E-state index contributed by atoms with van der Waals surface area (Å²) in [5, 5.41) is 11.7. The Morgan fingerprint density at radius 2 is 2.27 bits per heavy atom. The summed E-state index contributed by atoms with van der Waals surface area (Å²) in [5.41, 5.74) is 0.428.